The third-order valence-corrected chi connectivity index (χ3v) is 2.87. The first-order valence-corrected chi connectivity index (χ1v) is 4.81. The fraction of sp³-hybridized carbons (Fsp3) is 0.455. The number of anilines is 1. The van der Waals surface area contributed by atoms with E-state index in [1.165, 1.54) is 6.42 Å². The van der Waals surface area contributed by atoms with E-state index in [9.17, 15) is 5.11 Å². The average Bonchev–Trinajstić information content (AvgIpc) is 2.02. The smallest absolute Gasteiger partial charge is 0.0818 e. The van der Waals surface area contributed by atoms with Crippen LogP contribution >= 0.6 is 0 Å². The summed E-state index contributed by atoms with van der Waals surface area (Å²) in [7, 11) is 0. The van der Waals surface area contributed by atoms with Gasteiger partial charge in [-0.25, -0.2) is 0 Å². The Morgan fingerprint density at radius 1 is 1.23 bits per heavy atom. The molecule has 0 heterocycles. The van der Waals surface area contributed by atoms with Crippen molar-refractivity contribution >= 4 is 5.69 Å². The zero-order valence-electron chi connectivity index (χ0n) is 7.61. The molecule has 70 valence electrons. The van der Waals surface area contributed by atoms with Crippen LogP contribution in [0.1, 0.15) is 30.9 Å². The molecule has 0 spiro atoms. The molecule has 1 saturated carbocycles. The summed E-state index contributed by atoms with van der Waals surface area (Å²) < 4.78 is 0. The zero-order chi connectivity index (χ0) is 9.26. The van der Waals surface area contributed by atoms with E-state index in [1.807, 2.05) is 24.3 Å². The molecule has 0 amide bonds. The molecule has 1 aliphatic carbocycles. The molecule has 1 aromatic rings. The van der Waals surface area contributed by atoms with Crippen LogP contribution in [-0.2, 0) is 0 Å². The predicted molar refractivity (Wildman–Crippen MR) is 53.2 cm³/mol. The van der Waals surface area contributed by atoms with Crippen molar-refractivity contribution in [3.05, 3.63) is 29.8 Å². The number of nitrogen functional groups attached to an aromatic ring is 1. The highest BCUT2D eigenvalue weighted by Crippen LogP contribution is 2.37. The second-order valence-electron chi connectivity index (χ2n) is 3.80. The Bertz CT molecular complexity index is 277. The van der Waals surface area contributed by atoms with Gasteiger partial charge in [0.15, 0.2) is 0 Å². The number of aliphatic hydroxyl groups excluding tert-OH is 1. The molecule has 1 aliphatic rings. The summed E-state index contributed by atoms with van der Waals surface area (Å²) in [5.74, 6) is 0.476. The van der Waals surface area contributed by atoms with Crippen molar-refractivity contribution < 1.29 is 5.11 Å². The van der Waals surface area contributed by atoms with E-state index in [-0.39, 0.29) is 6.10 Å². The fourth-order valence-corrected chi connectivity index (χ4v) is 1.72. The summed E-state index contributed by atoms with van der Waals surface area (Å²) in [5.41, 5.74) is 7.32. The molecule has 1 aromatic carbocycles. The van der Waals surface area contributed by atoms with E-state index < -0.39 is 0 Å². The number of nitrogens with two attached hydrogens (primary N) is 1. The number of rotatable bonds is 2. The van der Waals surface area contributed by atoms with Crippen LogP contribution in [0.15, 0.2) is 24.3 Å². The third kappa shape index (κ3) is 1.68. The lowest BCUT2D eigenvalue weighted by atomic mass is 9.79. The molecule has 0 aliphatic heterocycles. The minimum atomic E-state index is -0.283. The van der Waals surface area contributed by atoms with Crippen LogP contribution in [0.3, 0.4) is 0 Å². The van der Waals surface area contributed by atoms with Crippen molar-refractivity contribution in [3.8, 4) is 0 Å². The number of hydrogen-bond acceptors (Lipinski definition) is 2. The maximum atomic E-state index is 9.89. The topological polar surface area (TPSA) is 46.2 Å². The quantitative estimate of drug-likeness (QED) is 0.679. The molecule has 13 heavy (non-hydrogen) atoms. The molecule has 0 aromatic heterocycles. The molecule has 0 radical (unpaired) electrons. The first-order valence-electron chi connectivity index (χ1n) is 4.81. The van der Waals surface area contributed by atoms with Crippen LogP contribution in [-0.4, -0.2) is 5.11 Å². The van der Waals surface area contributed by atoms with Gasteiger partial charge < -0.3 is 10.8 Å². The van der Waals surface area contributed by atoms with Gasteiger partial charge in [0.25, 0.3) is 0 Å². The van der Waals surface area contributed by atoms with Crippen molar-refractivity contribution in [3.63, 3.8) is 0 Å². The number of hydrogen-bond donors (Lipinski definition) is 2. The van der Waals surface area contributed by atoms with E-state index in [0.717, 1.165) is 24.1 Å². The van der Waals surface area contributed by atoms with Gasteiger partial charge in [0, 0.05) is 5.69 Å². The molecule has 0 bridgehead atoms. The van der Waals surface area contributed by atoms with Crippen molar-refractivity contribution in [2.24, 2.45) is 5.92 Å². The lowest BCUT2D eigenvalue weighted by Gasteiger charge is -2.30. The van der Waals surface area contributed by atoms with Gasteiger partial charge in [-0.05, 0) is 36.5 Å². The van der Waals surface area contributed by atoms with Gasteiger partial charge in [0.2, 0.25) is 0 Å². The molecule has 3 N–H and O–H groups in total. The summed E-state index contributed by atoms with van der Waals surface area (Å²) in [6.07, 6.45) is 3.29. The Morgan fingerprint density at radius 2 is 1.85 bits per heavy atom. The summed E-state index contributed by atoms with van der Waals surface area (Å²) in [5, 5.41) is 9.89. The van der Waals surface area contributed by atoms with Crippen molar-refractivity contribution in [1.82, 2.24) is 0 Å². The SMILES string of the molecule is Nc1ccc(C(O)C2CCC2)cc1. The molecule has 1 fully saturated rings. The Kier molecular flexibility index (Phi) is 2.23. The van der Waals surface area contributed by atoms with Crippen LogP contribution in [0, 0.1) is 5.92 Å². The van der Waals surface area contributed by atoms with Gasteiger partial charge in [-0.2, -0.15) is 0 Å². The van der Waals surface area contributed by atoms with E-state index in [1.54, 1.807) is 0 Å². The highest BCUT2D eigenvalue weighted by atomic mass is 16.3. The molecule has 2 nitrogen and oxygen atoms in total. The second kappa shape index (κ2) is 3.38. The number of benzene rings is 1. The lowest BCUT2D eigenvalue weighted by Crippen LogP contribution is -2.19. The van der Waals surface area contributed by atoms with Gasteiger partial charge in [0.1, 0.15) is 0 Å². The normalized spacial score (nSPS) is 19.5. The Hall–Kier alpha value is -1.02. The summed E-state index contributed by atoms with van der Waals surface area (Å²) >= 11 is 0. The Balaban J connectivity index is 2.10. The molecular weight excluding hydrogens is 162 g/mol. The van der Waals surface area contributed by atoms with E-state index in [2.05, 4.69) is 0 Å². The van der Waals surface area contributed by atoms with Gasteiger partial charge in [0.05, 0.1) is 6.10 Å². The molecular formula is C11H15NO. The molecule has 1 unspecified atom stereocenters. The van der Waals surface area contributed by atoms with Gasteiger partial charge >= 0.3 is 0 Å². The summed E-state index contributed by atoms with van der Waals surface area (Å²) in [6.45, 7) is 0. The maximum absolute atomic E-state index is 9.89. The van der Waals surface area contributed by atoms with Gasteiger partial charge in [-0.3, -0.25) is 0 Å². The van der Waals surface area contributed by atoms with E-state index >= 15 is 0 Å². The largest absolute Gasteiger partial charge is 0.399 e. The third-order valence-electron chi connectivity index (χ3n) is 2.87. The van der Waals surface area contributed by atoms with Crippen LogP contribution in [0.2, 0.25) is 0 Å². The zero-order valence-corrected chi connectivity index (χ0v) is 7.61. The first-order chi connectivity index (χ1) is 6.27. The molecule has 2 heteroatoms. The maximum Gasteiger partial charge on any atom is 0.0818 e. The highest BCUT2D eigenvalue weighted by Gasteiger charge is 2.26. The highest BCUT2D eigenvalue weighted by molar-refractivity contribution is 5.39. The van der Waals surface area contributed by atoms with Crippen molar-refractivity contribution in [2.75, 3.05) is 5.73 Å². The monoisotopic (exact) mass is 177 g/mol. The van der Waals surface area contributed by atoms with Crippen LogP contribution in [0.5, 0.6) is 0 Å². The second-order valence-corrected chi connectivity index (χ2v) is 3.80. The first kappa shape index (κ1) is 8.57. The fourth-order valence-electron chi connectivity index (χ4n) is 1.72. The summed E-state index contributed by atoms with van der Waals surface area (Å²) in [6, 6.07) is 7.52. The molecule has 0 saturated heterocycles. The minimum absolute atomic E-state index is 0.283. The average molecular weight is 177 g/mol. The van der Waals surface area contributed by atoms with Crippen molar-refractivity contribution in [2.45, 2.75) is 25.4 Å². The lowest BCUT2D eigenvalue weighted by molar-refractivity contribution is 0.0621. The van der Waals surface area contributed by atoms with Gasteiger partial charge in [-0.15, -0.1) is 0 Å². The predicted octanol–water partition coefficient (Wildman–Crippen LogP) is 2.10. The minimum Gasteiger partial charge on any atom is -0.399 e. The molecule has 2 rings (SSSR count). The van der Waals surface area contributed by atoms with E-state index in [0.29, 0.717) is 5.92 Å². The Morgan fingerprint density at radius 3 is 2.31 bits per heavy atom. The van der Waals surface area contributed by atoms with Crippen LogP contribution in [0.25, 0.3) is 0 Å². The van der Waals surface area contributed by atoms with Gasteiger partial charge in [-0.1, -0.05) is 18.6 Å². The number of aliphatic hydroxyl groups is 1. The standard InChI is InChI=1S/C11H15NO/c12-10-6-4-9(5-7-10)11(13)8-2-1-3-8/h4-8,11,13H,1-3,12H2. The Labute approximate surface area is 78.4 Å². The van der Waals surface area contributed by atoms with Crippen LogP contribution in [0.4, 0.5) is 5.69 Å². The van der Waals surface area contributed by atoms with Crippen molar-refractivity contribution in [1.29, 1.82) is 0 Å². The summed E-state index contributed by atoms with van der Waals surface area (Å²) in [4.78, 5) is 0. The van der Waals surface area contributed by atoms with Crippen LogP contribution < -0.4 is 5.73 Å². The van der Waals surface area contributed by atoms with E-state index in [4.69, 9.17) is 5.73 Å². The molecule has 1 atom stereocenters.